The molecule has 5 unspecified atom stereocenters. The average Bonchev–Trinajstić information content (AvgIpc) is 2.75. The number of hydrogen-bond donors (Lipinski definition) is 0. The van der Waals surface area contributed by atoms with Crippen molar-refractivity contribution in [2.45, 2.75) is 38.4 Å². The van der Waals surface area contributed by atoms with E-state index in [4.69, 9.17) is 4.74 Å². The maximum absolute atomic E-state index is 11.6. The van der Waals surface area contributed by atoms with Crippen LogP contribution < -0.4 is 0 Å². The van der Waals surface area contributed by atoms with E-state index in [1.54, 1.807) is 0 Å². The molecule has 14 heavy (non-hydrogen) atoms. The lowest BCUT2D eigenvalue weighted by molar-refractivity contribution is -0.116. The Balaban J connectivity index is 1.65. The fraction of sp³-hybridized carbons (Fsp3) is 0.750. The summed E-state index contributed by atoms with van der Waals surface area (Å²) in [5.41, 5.74) is 0.709. The zero-order valence-corrected chi connectivity index (χ0v) is 8.53. The van der Waals surface area contributed by atoms with Crippen LogP contribution in [0.15, 0.2) is 12.2 Å². The highest BCUT2D eigenvalue weighted by atomic mass is 16.6. The minimum atomic E-state index is 0.250. The van der Waals surface area contributed by atoms with Crippen molar-refractivity contribution in [2.24, 2.45) is 17.8 Å². The van der Waals surface area contributed by atoms with Gasteiger partial charge >= 0.3 is 0 Å². The van der Waals surface area contributed by atoms with Crippen LogP contribution in [0.4, 0.5) is 0 Å². The van der Waals surface area contributed by atoms with Crippen molar-refractivity contribution >= 4 is 5.78 Å². The van der Waals surface area contributed by atoms with Gasteiger partial charge in [0.2, 0.25) is 0 Å². The minimum absolute atomic E-state index is 0.250. The molecule has 0 amide bonds. The van der Waals surface area contributed by atoms with Crippen molar-refractivity contribution in [3.05, 3.63) is 12.2 Å². The summed E-state index contributed by atoms with van der Waals surface area (Å²) in [6.45, 7) is 5.52. The first-order valence-electron chi connectivity index (χ1n) is 5.51. The molecule has 2 nitrogen and oxygen atoms in total. The van der Waals surface area contributed by atoms with Gasteiger partial charge in [0.15, 0.2) is 5.78 Å². The molecule has 76 valence electrons. The van der Waals surface area contributed by atoms with E-state index in [2.05, 4.69) is 6.58 Å². The van der Waals surface area contributed by atoms with Crippen LogP contribution in [0.1, 0.15) is 26.2 Å². The number of hydrogen-bond acceptors (Lipinski definition) is 2. The molecule has 1 saturated heterocycles. The van der Waals surface area contributed by atoms with Gasteiger partial charge in [0, 0.05) is 6.42 Å². The third-order valence-electron chi connectivity index (χ3n) is 4.16. The predicted octanol–water partition coefficient (Wildman–Crippen LogP) is 1.95. The quantitative estimate of drug-likeness (QED) is 0.505. The molecule has 0 aromatic rings. The minimum Gasteiger partial charge on any atom is -0.369 e. The molecule has 2 heteroatoms. The molecule has 3 rings (SSSR count). The normalized spacial score (nSPS) is 47.6. The molecule has 2 saturated carbocycles. The number of fused-ring (bicyclic) bond motifs is 5. The number of allylic oxidation sites excluding steroid dienone is 1. The van der Waals surface area contributed by atoms with Crippen LogP contribution in [-0.4, -0.2) is 18.0 Å². The molecule has 3 aliphatic rings. The molecule has 3 fully saturated rings. The summed E-state index contributed by atoms with van der Waals surface area (Å²) in [4.78, 5) is 11.6. The summed E-state index contributed by atoms with van der Waals surface area (Å²) in [6.07, 6.45) is 4.34. The van der Waals surface area contributed by atoms with Crippen molar-refractivity contribution in [1.82, 2.24) is 0 Å². The monoisotopic (exact) mass is 192 g/mol. The summed E-state index contributed by atoms with van der Waals surface area (Å²) in [6, 6.07) is 0. The maximum Gasteiger partial charge on any atom is 0.158 e. The zero-order valence-electron chi connectivity index (χ0n) is 8.53. The van der Waals surface area contributed by atoms with Gasteiger partial charge in [-0.3, -0.25) is 4.79 Å². The third kappa shape index (κ3) is 1.10. The molecule has 2 bridgehead atoms. The van der Waals surface area contributed by atoms with Crippen LogP contribution in [0, 0.1) is 17.8 Å². The molecule has 0 spiro atoms. The topological polar surface area (TPSA) is 29.6 Å². The lowest BCUT2D eigenvalue weighted by atomic mass is 9.84. The molecule has 5 atom stereocenters. The summed E-state index contributed by atoms with van der Waals surface area (Å²) >= 11 is 0. The number of rotatable bonds is 3. The number of ketones is 1. The molecule has 1 aliphatic heterocycles. The van der Waals surface area contributed by atoms with Crippen LogP contribution in [-0.2, 0) is 9.53 Å². The second-order valence-electron chi connectivity index (χ2n) is 5.13. The Morgan fingerprint density at radius 1 is 1.43 bits per heavy atom. The van der Waals surface area contributed by atoms with Crippen molar-refractivity contribution in [2.75, 3.05) is 0 Å². The van der Waals surface area contributed by atoms with Crippen LogP contribution >= 0.6 is 0 Å². The van der Waals surface area contributed by atoms with E-state index in [0.29, 0.717) is 36.0 Å². The highest BCUT2D eigenvalue weighted by Crippen LogP contribution is 2.59. The number of carbonyl (C=O) groups is 1. The highest BCUT2D eigenvalue weighted by molar-refractivity contribution is 5.94. The Morgan fingerprint density at radius 2 is 2.21 bits per heavy atom. The zero-order chi connectivity index (χ0) is 9.87. The molecule has 0 aromatic heterocycles. The van der Waals surface area contributed by atoms with Crippen molar-refractivity contribution in [1.29, 1.82) is 0 Å². The molecule has 0 aromatic carbocycles. The first-order valence-corrected chi connectivity index (χ1v) is 5.51. The van der Waals surface area contributed by atoms with E-state index in [-0.39, 0.29) is 5.78 Å². The van der Waals surface area contributed by atoms with Crippen LogP contribution in [0.5, 0.6) is 0 Å². The van der Waals surface area contributed by atoms with Crippen molar-refractivity contribution < 1.29 is 9.53 Å². The van der Waals surface area contributed by atoms with Crippen molar-refractivity contribution in [3.8, 4) is 0 Å². The first-order chi connectivity index (χ1) is 6.66. The summed E-state index contributed by atoms with van der Waals surface area (Å²) in [5, 5.41) is 0. The number of carbonyl (C=O) groups excluding carboxylic acids is 1. The lowest BCUT2D eigenvalue weighted by Gasteiger charge is -2.18. The molecular weight excluding hydrogens is 176 g/mol. The van der Waals surface area contributed by atoms with Gasteiger partial charge in [-0.25, -0.2) is 0 Å². The fourth-order valence-corrected chi connectivity index (χ4v) is 3.38. The molecule has 0 N–H and O–H groups in total. The predicted molar refractivity (Wildman–Crippen MR) is 52.8 cm³/mol. The van der Waals surface area contributed by atoms with Gasteiger partial charge in [0.1, 0.15) is 0 Å². The lowest BCUT2D eigenvalue weighted by Crippen LogP contribution is -2.20. The highest BCUT2D eigenvalue weighted by Gasteiger charge is 2.63. The summed E-state index contributed by atoms with van der Waals surface area (Å²) in [5.74, 6) is 2.30. The van der Waals surface area contributed by atoms with Gasteiger partial charge in [-0.05, 0) is 43.1 Å². The second kappa shape index (κ2) is 2.69. The Hall–Kier alpha value is -0.630. The molecular formula is C12H16O2. The molecule has 1 heterocycles. The Kier molecular flexibility index (Phi) is 1.67. The van der Waals surface area contributed by atoms with E-state index >= 15 is 0 Å². The Bertz CT molecular complexity index is 307. The first kappa shape index (κ1) is 8.66. The average molecular weight is 192 g/mol. The summed E-state index contributed by atoms with van der Waals surface area (Å²) < 4.78 is 5.58. The second-order valence-corrected chi connectivity index (χ2v) is 5.13. The Morgan fingerprint density at radius 3 is 2.79 bits per heavy atom. The van der Waals surface area contributed by atoms with E-state index in [1.165, 1.54) is 12.8 Å². The van der Waals surface area contributed by atoms with Crippen LogP contribution in [0.2, 0.25) is 0 Å². The van der Waals surface area contributed by atoms with Crippen LogP contribution in [0.25, 0.3) is 0 Å². The van der Waals surface area contributed by atoms with Gasteiger partial charge in [-0.1, -0.05) is 6.58 Å². The molecule has 0 radical (unpaired) electrons. The number of epoxide rings is 1. The van der Waals surface area contributed by atoms with Gasteiger partial charge in [-0.2, -0.15) is 0 Å². The van der Waals surface area contributed by atoms with E-state index < -0.39 is 0 Å². The molecule has 2 aliphatic carbocycles. The van der Waals surface area contributed by atoms with E-state index in [1.807, 2.05) is 6.92 Å². The van der Waals surface area contributed by atoms with Crippen LogP contribution in [0.3, 0.4) is 0 Å². The van der Waals surface area contributed by atoms with Gasteiger partial charge in [0.25, 0.3) is 0 Å². The van der Waals surface area contributed by atoms with E-state index in [0.717, 1.165) is 5.92 Å². The maximum atomic E-state index is 11.6. The van der Waals surface area contributed by atoms with E-state index in [9.17, 15) is 4.79 Å². The van der Waals surface area contributed by atoms with Gasteiger partial charge in [0.05, 0.1) is 12.2 Å². The van der Waals surface area contributed by atoms with Gasteiger partial charge < -0.3 is 4.74 Å². The largest absolute Gasteiger partial charge is 0.369 e. The smallest absolute Gasteiger partial charge is 0.158 e. The summed E-state index contributed by atoms with van der Waals surface area (Å²) in [7, 11) is 0. The number of ether oxygens (including phenoxy) is 1. The third-order valence-corrected chi connectivity index (χ3v) is 4.16. The fourth-order valence-electron chi connectivity index (χ4n) is 3.38. The standard InChI is InChI=1S/C12H16O2/c1-6(2)10(13)5-7-3-8-4-9(7)12-11(8)14-12/h7-9,11-12H,1,3-5H2,2H3. The Labute approximate surface area is 84.3 Å². The number of Topliss-reactive ketones (excluding diaryl/α,β-unsaturated/α-hetero) is 1. The van der Waals surface area contributed by atoms with Gasteiger partial charge in [-0.15, -0.1) is 0 Å². The SMILES string of the molecule is C=C(C)C(=O)CC1CC2CC1C1OC21. The van der Waals surface area contributed by atoms with Crippen molar-refractivity contribution in [3.63, 3.8) is 0 Å².